The Labute approximate surface area is 76.9 Å². The summed E-state index contributed by atoms with van der Waals surface area (Å²) < 4.78 is 0. The van der Waals surface area contributed by atoms with Crippen molar-refractivity contribution in [2.45, 2.75) is 52.4 Å². The Balaban J connectivity index is 3.04. The van der Waals surface area contributed by atoms with Crippen LogP contribution in [0.1, 0.15) is 52.4 Å². The molecule has 0 saturated carbocycles. The van der Waals surface area contributed by atoms with Crippen LogP contribution in [-0.4, -0.2) is 6.54 Å². The second kappa shape index (κ2) is 9.01. The van der Waals surface area contributed by atoms with Gasteiger partial charge in [0.1, 0.15) is 0 Å². The second-order valence-electron chi connectivity index (χ2n) is 3.70. The number of hydrazine groups is 1. The molecule has 3 N–H and O–H groups in total. The minimum atomic E-state index is 0.880. The molecule has 0 aliphatic heterocycles. The minimum absolute atomic E-state index is 0.880. The maximum absolute atomic E-state index is 5.19. The van der Waals surface area contributed by atoms with Gasteiger partial charge in [0.05, 0.1) is 0 Å². The molecule has 0 heterocycles. The monoisotopic (exact) mass is 172 g/mol. The normalized spacial score (nSPS) is 13.2. The summed E-state index contributed by atoms with van der Waals surface area (Å²) in [5.74, 6) is 6.07. The molecule has 74 valence electrons. The van der Waals surface area contributed by atoms with Crippen molar-refractivity contribution >= 4 is 0 Å². The molecule has 0 bridgehead atoms. The van der Waals surface area contributed by atoms with Gasteiger partial charge in [-0.3, -0.25) is 11.3 Å². The summed E-state index contributed by atoms with van der Waals surface area (Å²) in [4.78, 5) is 0. The quantitative estimate of drug-likeness (QED) is 0.335. The fraction of sp³-hybridized carbons (Fsp3) is 1.00. The van der Waals surface area contributed by atoms with Crippen LogP contribution in [0.4, 0.5) is 0 Å². The molecule has 0 aromatic carbocycles. The average Bonchev–Trinajstić information content (AvgIpc) is 2.06. The number of nitrogens with one attached hydrogen (secondary N) is 1. The lowest BCUT2D eigenvalue weighted by molar-refractivity contribution is 0.444. The van der Waals surface area contributed by atoms with Gasteiger partial charge in [-0.15, -0.1) is 0 Å². The SMILES string of the molecule is CCCCC[C@@H](C)CCCNN. The largest absolute Gasteiger partial charge is 0.271 e. The van der Waals surface area contributed by atoms with Crippen molar-refractivity contribution in [2.24, 2.45) is 11.8 Å². The predicted octanol–water partition coefficient (Wildman–Crippen LogP) is 2.45. The van der Waals surface area contributed by atoms with Gasteiger partial charge in [0.25, 0.3) is 0 Å². The molecule has 2 heteroatoms. The Morgan fingerprint density at radius 2 is 1.83 bits per heavy atom. The molecular weight excluding hydrogens is 148 g/mol. The Morgan fingerprint density at radius 3 is 2.42 bits per heavy atom. The Kier molecular flexibility index (Phi) is 8.95. The van der Waals surface area contributed by atoms with Crippen LogP contribution in [0.25, 0.3) is 0 Å². The zero-order valence-corrected chi connectivity index (χ0v) is 8.60. The van der Waals surface area contributed by atoms with E-state index < -0.39 is 0 Å². The summed E-state index contributed by atoms with van der Waals surface area (Å²) in [5.41, 5.74) is 2.69. The lowest BCUT2D eigenvalue weighted by atomic mass is 9.98. The predicted molar refractivity (Wildman–Crippen MR) is 54.7 cm³/mol. The highest BCUT2D eigenvalue weighted by molar-refractivity contribution is 4.54. The molecule has 0 aliphatic rings. The Bertz CT molecular complexity index is 73.9. The molecule has 0 fully saturated rings. The molecule has 0 aromatic heterocycles. The first-order chi connectivity index (χ1) is 5.81. The van der Waals surface area contributed by atoms with Crippen molar-refractivity contribution in [1.29, 1.82) is 0 Å². The van der Waals surface area contributed by atoms with E-state index in [1.807, 2.05) is 0 Å². The van der Waals surface area contributed by atoms with Gasteiger partial charge < -0.3 is 0 Å². The highest BCUT2D eigenvalue weighted by Gasteiger charge is 2.00. The Morgan fingerprint density at radius 1 is 1.17 bits per heavy atom. The number of rotatable bonds is 8. The summed E-state index contributed by atoms with van der Waals surface area (Å²) in [6.07, 6.45) is 8.03. The fourth-order valence-corrected chi connectivity index (χ4v) is 1.44. The van der Waals surface area contributed by atoms with Crippen LogP contribution >= 0.6 is 0 Å². The van der Waals surface area contributed by atoms with Crippen LogP contribution in [0.2, 0.25) is 0 Å². The van der Waals surface area contributed by atoms with Crippen LogP contribution < -0.4 is 11.3 Å². The van der Waals surface area contributed by atoms with Gasteiger partial charge in [0.15, 0.2) is 0 Å². The van der Waals surface area contributed by atoms with E-state index in [-0.39, 0.29) is 0 Å². The van der Waals surface area contributed by atoms with E-state index in [0.717, 1.165) is 12.5 Å². The molecule has 1 atom stereocenters. The van der Waals surface area contributed by atoms with Crippen molar-refractivity contribution in [1.82, 2.24) is 5.43 Å². The lowest BCUT2D eigenvalue weighted by Gasteiger charge is -2.09. The van der Waals surface area contributed by atoms with Crippen LogP contribution in [0, 0.1) is 5.92 Å². The van der Waals surface area contributed by atoms with E-state index in [1.165, 1.54) is 38.5 Å². The molecule has 0 aliphatic carbocycles. The third-order valence-electron chi connectivity index (χ3n) is 2.32. The van der Waals surface area contributed by atoms with E-state index in [0.29, 0.717) is 0 Å². The van der Waals surface area contributed by atoms with Gasteiger partial charge in [-0.1, -0.05) is 39.5 Å². The van der Waals surface area contributed by atoms with Crippen molar-refractivity contribution in [3.63, 3.8) is 0 Å². The molecule has 0 saturated heterocycles. The van der Waals surface area contributed by atoms with E-state index in [4.69, 9.17) is 5.84 Å². The first-order valence-corrected chi connectivity index (χ1v) is 5.24. The highest BCUT2D eigenvalue weighted by atomic mass is 15.2. The number of unbranched alkanes of at least 4 members (excludes halogenated alkanes) is 2. The van der Waals surface area contributed by atoms with E-state index in [1.54, 1.807) is 0 Å². The third-order valence-corrected chi connectivity index (χ3v) is 2.32. The summed E-state index contributed by atoms with van der Waals surface area (Å²) in [5, 5.41) is 0. The minimum Gasteiger partial charge on any atom is -0.271 e. The molecule has 0 spiro atoms. The van der Waals surface area contributed by atoms with Gasteiger partial charge in [-0.2, -0.15) is 0 Å². The first kappa shape index (κ1) is 11.9. The van der Waals surface area contributed by atoms with Crippen molar-refractivity contribution in [2.75, 3.05) is 6.54 Å². The Hall–Kier alpha value is -0.0800. The molecule has 12 heavy (non-hydrogen) atoms. The number of nitrogens with two attached hydrogens (primary N) is 1. The second-order valence-corrected chi connectivity index (χ2v) is 3.70. The summed E-state index contributed by atoms with van der Waals surface area (Å²) >= 11 is 0. The van der Waals surface area contributed by atoms with Crippen LogP contribution in [0.5, 0.6) is 0 Å². The molecular formula is C10H24N2. The molecule has 0 rings (SSSR count). The molecule has 0 aromatic rings. The fourth-order valence-electron chi connectivity index (χ4n) is 1.44. The lowest BCUT2D eigenvalue weighted by Crippen LogP contribution is -2.23. The summed E-state index contributed by atoms with van der Waals surface area (Å²) in [6, 6.07) is 0. The van der Waals surface area contributed by atoms with Gasteiger partial charge in [0.2, 0.25) is 0 Å². The average molecular weight is 172 g/mol. The molecule has 2 nitrogen and oxygen atoms in total. The van der Waals surface area contributed by atoms with Crippen LogP contribution in [0.3, 0.4) is 0 Å². The van der Waals surface area contributed by atoms with Crippen molar-refractivity contribution in [3.05, 3.63) is 0 Å². The smallest absolute Gasteiger partial charge is 0.00975 e. The standard InChI is InChI=1S/C10H24N2/c1-3-4-5-7-10(2)8-6-9-12-11/h10,12H,3-9,11H2,1-2H3/t10-/m1/s1. The van der Waals surface area contributed by atoms with Crippen molar-refractivity contribution in [3.8, 4) is 0 Å². The molecule has 0 radical (unpaired) electrons. The van der Waals surface area contributed by atoms with E-state index in [9.17, 15) is 0 Å². The third kappa shape index (κ3) is 8.02. The van der Waals surface area contributed by atoms with Crippen molar-refractivity contribution < 1.29 is 0 Å². The molecule has 0 amide bonds. The highest BCUT2D eigenvalue weighted by Crippen LogP contribution is 2.13. The summed E-state index contributed by atoms with van der Waals surface area (Å²) in [7, 11) is 0. The van der Waals surface area contributed by atoms with Gasteiger partial charge in [-0.05, 0) is 18.8 Å². The topological polar surface area (TPSA) is 38.0 Å². The van der Waals surface area contributed by atoms with Gasteiger partial charge in [-0.25, -0.2) is 0 Å². The number of hydrogen-bond donors (Lipinski definition) is 2. The summed E-state index contributed by atoms with van der Waals surface area (Å²) in [6.45, 7) is 5.55. The zero-order chi connectivity index (χ0) is 9.23. The first-order valence-electron chi connectivity index (χ1n) is 5.24. The van der Waals surface area contributed by atoms with Gasteiger partial charge in [0, 0.05) is 6.54 Å². The van der Waals surface area contributed by atoms with E-state index >= 15 is 0 Å². The zero-order valence-electron chi connectivity index (χ0n) is 8.60. The number of hydrogen-bond acceptors (Lipinski definition) is 2. The maximum Gasteiger partial charge on any atom is 0.00975 e. The maximum atomic E-state index is 5.19. The van der Waals surface area contributed by atoms with Crippen LogP contribution in [0.15, 0.2) is 0 Å². The van der Waals surface area contributed by atoms with Crippen LogP contribution in [-0.2, 0) is 0 Å². The molecule has 0 unspecified atom stereocenters. The van der Waals surface area contributed by atoms with E-state index in [2.05, 4.69) is 19.3 Å². The van der Waals surface area contributed by atoms with Gasteiger partial charge >= 0.3 is 0 Å².